The molecular formula is C14H15BrClN3O. The summed E-state index contributed by atoms with van der Waals surface area (Å²) >= 11 is 9.42. The van der Waals surface area contributed by atoms with Crippen molar-refractivity contribution in [2.45, 2.75) is 31.7 Å². The lowest BCUT2D eigenvalue weighted by Crippen LogP contribution is -2.17. The van der Waals surface area contributed by atoms with Crippen LogP contribution in [0.4, 0.5) is 0 Å². The summed E-state index contributed by atoms with van der Waals surface area (Å²) in [6.07, 6.45) is 4.44. The molecule has 1 fully saturated rings. The second kappa shape index (κ2) is 6.24. The topological polar surface area (TPSA) is 51.0 Å². The van der Waals surface area contributed by atoms with Crippen LogP contribution in [0.2, 0.25) is 5.02 Å². The predicted octanol–water partition coefficient (Wildman–Crippen LogP) is 3.84. The number of hydrogen-bond donors (Lipinski definition) is 1. The van der Waals surface area contributed by atoms with E-state index in [9.17, 15) is 0 Å². The van der Waals surface area contributed by atoms with Gasteiger partial charge in [-0.15, -0.1) is 10.2 Å². The molecule has 0 saturated heterocycles. The summed E-state index contributed by atoms with van der Waals surface area (Å²) in [6.45, 7) is 1.01. The van der Waals surface area contributed by atoms with Crippen LogP contribution in [0.15, 0.2) is 27.1 Å². The SMILES string of the molecule is Clc1cc(Br)cc(-c2nnc(CCCNC3CC3)o2)c1. The Morgan fingerprint density at radius 1 is 1.30 bits per heavy atom. The number of benzene rings is 1. The van der Waals surface area contributed by atoms with Gasteiger partial charge in [-0.05, 0) is 44.0 Å². The van der Waals surface area contributed by atoms with Gasteiger partial charge in [0.1, 0.15) is 0 Å². The molecule has 1 aliphatic carbocycles. The fourth-order valence-electron chi connectivity index (χ4n) is 1.98. The van der Waals surface area contributed by atoms with Gasteiger partial charge >= 0.3 is 0 Å². The summed E-state index contributed by atoms with van der Waals surface area (Å²) in [5, 5.41) is 12.3. The lowest BCUT2D eigenvalue weighted by molar-refractivity contribution is 0.491. The Balaban J connectivity index is 1.60. The van der Waals surface area contributed by atoms with Crippen LogP contribution in [0, 0.1) is 0 Å². The van der Waals surface area contributed by atoms with Crippen LogP contribution >= 0.6 is 27.5 Å². The van der Waals surface area contributed by atoms with Gasteiger partial charge in [0.25, 0.3) is 0 Å². The maximum Gasteiger partial charge on any atom is 0.247 e. The van der Waals surface area contributed by atoms with Crippen molar-refractivity contribution in [2.24, 2.45) is 0 Å². The Labute approximate surface area is 131 Å². The van der Waals surface area contributed by atoms with Gasteiger partial charge in [-0.3, -0.25) is 0 Å². The Bertz CT molecular complexity index is 578. The van der Waals surface area contributed by atoms with Crippen molar-refractivity contribution in [3.8, 4) is 11.5 Å². The van der Waals surface area contributed by atoms with Crippen molar-refractivity contribution in [3.63, 3.8) is 0 Å². The number of aromatic nitrogens is 2. The zero-order valence-electron chi connectivity index (χ0n) is 10.9. The average Bonchev–Trinajstić information content (AvgIpc) is 3.10. The molecule has 0 atom stereocenters. The van der Waals surface area contributed by atoms with Crippen molar-refractivity contribution in [3.05, 3.63) is 33.6 Å². The highest BCUT2D eigenvalue weighted by Crippen LogP contribution is 2.26. The summed E-state index contributed by atoms with van der Waals surface area (Å²) in [5.41, 5.74) is 0.833. The molecule has 1 N–H and O–H groups in total. The van der Waals surface area contributed by atoms with Gasteiger partial charge in [0.05, 0.1) is 0 Å². The summed E-state index contributed by atoms with van der Waals surface area (Å²) in [7, 11) is 0. The van der Waals surface area contributed by atoms with E-state index in [4.69, 9.17) is 16.0 Å². The molecule has 1 heterocycles. The zero-order chi connectivity index (χ0) is 13.9. The highest BCUT2D eigenvalue weighted by Gasteiger charge is 2.19. The van der Waals surface area contributed by atoms with Crippen molar-refractivity contribution in [2.75, 3.05) is 6.54 Å². The summed E-state index contributed by atoms with van der Waals surface area (Å²) in [6, 6.07) is 6.30. The van der Waals surface area contributed by atoms with Crippen molar-refractivity contribution in [1.29, 1.82) is 0 Å². The van der Waals surface area contributed by atoms with E-state index in [-0.39, 0.29) is 0 Å². The molecule has 1 aliphatic rings. The number of aryl methyl sites for hydroxylation is 1. The Morgan fingerprint density at radius 3 is 2.90 bits per heavy atom. The number of rotatable bonds is 6. The second-order valence-corrected chi connectivity index (χ2v) is 6.34. The normalized spacial score (nSPS) is 14.7. The quantitative estimate of drug-likeness (QED) is 0.799. The van der Waals surface area contributed by atoms with E-state index in [0.29, 0.717) is 16.8 Å². The maximum absolute atomic E-state index is 6.02. The van der Waals surface area contributed by atoms with Crippen molar-refractivity contribution >= 4 is 27.5 Å². The molecule has 1 aromatic heterocycles. The first-order valence-corrected chi connectivity index (χ1v) is 7.90. The van der Waals surface area contributed by atoms with E-state index in [0.717, 1.165) is 35.5 Å². The minimum Gasteiger partial charge on any atom is -0.421 e. The largest absolute Gasteiger partial charge is 0.421 e. The van der Waals surface area contributed by atoms with E-state index in [1.54, 1.807) is 0 Å². The average molecular weight is 357 g/mol. The van der Waals surface area contributed by atoms with Crippen LogP contribution < -0.4 is 5.32 Å². The number of nitrogens with one attached hydrogen (secondary N) is 1. The number of halogens is 2. The monoisotopic (exact) mass is 355 g/mol. The lowest BCUT2D eigenvalue weighted by atomic mass is 10.2. The first-order valence-electron chi connectivity index (χ1n) is 6.73. The first-order chi connectivity index (χ1) is 9.70. The molecule has 0 amide bonds. The van der Waals surface area contributed by atoms with Gasteiger partial charge in [0.2, 0.25) is 11.8 Å². The summed E-state index contributed by atoms with van der Waals surface area (Å²) in [5.74, 6) is 1.19. The zero-order valence-corrected chi connectivity index (χ0v) is 13.2. The Morgan fingerprint density at radius 2 is 2.15 bits per heavy atom. The van der Waals surface area contributed by atoms with Gasteiger partial charge in [-0.1, -0.05) is 27.5 Å². The van der Waals surface area contributed by atoms with Gasteiger partial charge < -0.3 is 9.73 Å². The molecule has 106 valence electrons. The van der Waals surface area contributed by atoms with Gasteiger partial charge in [-0.2, -0.15) is 0 Å². The minimum atomic E-state index is 0.512. The molecule has 1 aromatic carbocycles. The van der Waals surface area contributed by atoms with Crippen LogP contribution in [0.1, 0.15) is 25.2 Å². The van der Waals surface area contributed by atoms with Crippen LogP contribution in [0.25, 0.3) is 11.5 Å². The Kier molecular flexibility index (Phi) is 4.38. The van der Waals surface area contributed by atoms with E-state index in [1.807, 2.05) is 18.2 Å². The molecule has 2 aromatic rings. The lowest BCUT2D eigenvalue weighted by Gasteiger charge is -1.99. The molecule has 0 unspecified atom stereocenters. The molecule has 4 nitrogen and oxygen atoms in total. The molecule has 1 saturated carbocycles. The highest BCUT2D eigenvalue weighted by atomic mass is 79.9. The van der Waals surface area contributed by atoms with E-state index < -0.39 is 0 Å². The van der Waals surface area contributed by atoms with Crippen LogP contribution in [-0.4, -0.2) is 22.8 Å². The predicted molar refractivity (Wildman–Crippen MR) is 81.8 cm³/mol. The fraction of sp³-hybridized carbons (Fsp3) is 0.429. The molecule has 3 rings (SSSR count). The third-order valence-corrected chi connectivity index (χ3v) is 3.83. The molecule has 20 heavy (non-hydrogen) atoms. The standard InChI is InChI=1S/C14H15BrClN3O/c15-10-6-9(7-11(16)8-10)14-19-18-13(20-14)2-1-5-17-12-3-4-12/h6-8,12,17H,1-5H2. The summed E-state index contributed by atoms with van der Waals surface area (Å²) < 4.78 is 6.57. The molecule has 6 heteroatoms. The van der Waals surface area contributed by atoms with Crippen molar-refractivity contribution < 1.29 is 4.42 Å². The highest BCUT2D eigenvalue weighted by molar-refractivity contribution is 9.10. The molecule has 0 bridgehead atoms. The van der Waals surface area contributed by atoms with Crippen LogP contribution in [0.5, 0.6) is 0 Å². The fourth-order valence-corrected chi connectivity index (χ4v) is 2.84. The molecule has 0 radical (unpaired) electrons. The number of hydrogen-bond acceptors (Lipinski definition) is 4. The first kappa shape index (κ1) is 14.0. The van der Waals surface area contributed by atoms with E-state index in [1.165, 1.54) is 12.8 Å². The summed E-state index contributed by atoms with van der Waals surface area (Å²) in [4.78, 5) is 0. The number of nitrogens with zero attached hydrogens (tertiary/aromatic N) is 2. The Hall–Kier alpha value is -0.910. The molecular weight excluding hydrogens is 342 g/mol. The van der Waals surface area contributed by atoms with Crippen LogP contribution in [-0.2, 0) is 6.42 Å². The third kappa shape index (κ3) is 3.81. The molecule has 0 aliphatic heterocycles. The third-order valence-electron chi connectivity index (χ3n) is 3.15. The minimum absolute atomic E-state index is 0.512. The molecule has 0 spiro atoms. The van der Waals surface area contributed by atoms with Gasteiger partial charge in [-0.25, -0.2) is 0 Å². The van der Waals surface area contributed by atoms with Gasteiger partial charge in [0.15, 0.2) is 0 Å². The smallest absolute Gasteiger partial charge is 0.247 e. The van der Waals surface area contributed by atoms with E-state index in [2.05, 4.69) is 31.4 Å². The second-order valence-electron chi connectivity index (χ2n) is 4.99. The maximum atomic E-state index is 6.02. The van der Waals surface area contributed by atoms with Gasteiger partial charge in [0, 0.05) is 27.5 Å². The van der Waals surface area contributed by atoms with E-state index >= 15 is 0 Å². The van der Waals surface area contributed by atoms with Crippen LogP contribution in [0.3, 0.4) is 0 Å². The van der Waals surface area contributed by atoms with Crippen molar-refractivity contribution in [1.82, 2.24) is 15.5 Å².